The highest BCUT2D eigenvalue weighted by atomic mass is 19.1. The Bertz CT molecular complexity index is 1260. The Balaban J connectivity index is 1.51. The van der Waals surface area contributed by atoms with Crippen LogP contribution in [0.2, 0.25) is 0 Å². The smallest absolute Gasteiger partial charge is 0.293 e. The molecule has 0 aliphatic carbocycles. The molecule has 0 aliphatic rings. The van der Waals surface area contributed by atoms with Crippen LogP contribution in [0.15, 0.2) is 65.7 Å². The van der Waals surface area contributed by atoms with Gasteiger partial charge in [0.1, 0.15) is 30.0 Å². The van der Waals surface area contributed by atoms with Crippen molar-refractivity contribution < 1.29 is 13.9 Å². The second-order valence-electron chi connectivity index (χ2n) is 6.59. The first-order chi connectivity index (χ1) is 14.5. The molecule has 0 saturated carbocycles. The van der Waals surface area contributed by atoms with Crippen LogP contribution in [-0.2, 0) is 17.9 Å². The predicted molar refractivity (Wildman–Crippen MR) is 107 cm³/mol. The normalized spacial score (nSPS) is 10.9. The molecular weight excluding hydrogens is 389 g/mol. The van der Waals surface area contributed by atoms with Crippen molar-refractivity contribution in [2.24, 2.45) is 0 Å². The molecule has 0 atom stereocenters. The standard InChI is InChI=1S/C21H18FN5O3/c1-30-17-7-5-15(6-8-17)18-10-19-21(29)26(24-13-27(19)25-18)12-20(28)23-11-14-3-2-4-16(22)9-14/h2-10,13H,11-12H2,1H3,(H,23,28). The van der Waals surface area contributed by atoms with E-state index in [1.165, 1.54) is 23.0 Å². The van der Waals surface area contributed by atoms with Gasteiger partial charge in [-0.25, -0.2) is 13.6 Å². The van der Waals surface area contributed by atoms with E-state index in [2.05, 4.69) is 15.5 Å². The maximum atomic E-state index is 13.2. The van der Waals surface area contributed by atoms with Crippen LogP contribution in [-0.4, -0.2) is 32.4 Å². The van der Waals surface area contributed by atoms with Gasteiger partial charge < -0.3 is 10.1 Å². The van der Waals surface area contributed by atoms with Crippen molar-refractivity contribution >= 4 is 11.4 Å². The zero-order valence-electron chi connectivity index (χ0n) is 16.1. The Labute approximate surface area is 170 Å². The third kappa shape index (κ3) is 4.04. The molecule has 0 bridgehead atoms. The van der Waals surface area contributed by atoms with E-state index in [-0.39, 0.29) is 18.9 Å². The largest absolute Gasteiger partial charge is 0.497 e. The van der Waals surface area contributed by atoms with E-state index in [1.807, 2.05) is 12.1 Å². The lowest BCUT2D eigenvalue weighted by Crippen LogP contribution is -2.34. The van der Waals surface area contributed by atoms with E-state index in [4.69, 9.17) is 4.74 Å². The molecule has 0 radical (unpaired) electrons. The summed E-state index contributed by atoms with van der Waals surface area (Å²) in [4.78, 5) is 24.9. The average molecular weight is 407 g/mol. The molecule has 0 spiro atoms. The van der Waals surface area contributed by atoms with Gasteiger partial charge in [-0.05, 0) is 48.0 Å². The summed E-state index contributed by atoms with van der Waals surface area (Å²) in [5.74, 6) is -0.0672. The number of carbonyl (C=O) groups excluding carboxylic acids is 1. The first-order valence-corrected chi connectivity index (χ1v) is 9.14. The molecular formula is C21H18FN5O3. The first kappa shape index (κ1) is 19.3. The fourth-order valence-electron chi connectivity index (χ4n) is 2.99. The van der Waals surface area contributed by atoms with Gasteiger partial charge >= 0.3 is 0 Å². The Morgan fingerprint density at radius 2 is 1.97 bits per heavy atom. The highest BCUT2D eigenvalue weighted by Gasteiger charge is 2.12. The van der Waals surface area contributed by atoms with Gasteiger partial charge in [-0.15, -0.1) is 0 Å². The average Bonchev–Trinajstić information content (AvgIpc) is 3.20. The van der Waals surface area contributed by atoms with Crippen LogP contribution in [0.5, 0.6) is 5.75 Å². The van der Waals surface area contributed by atoms with Crippen molar-refractivity contribution in [1.29, 1.82) is 0 Å². The van der Waals surface area contributed by atoms with Gasteiger partial charge in [-0.2, -0.15) is 10.2 Å². The zero-order valence-corrected chi connectivity index (χ0v) is 16.1. The molecule has 0 saturated heterocycles. The highest BCUT2D eigenvalue weighted by molar-refractivity contribution is 5.75. The number of ether oxygens (including phenoxy) is 1. The third-order valence-corrected chi connectivity index (χ3v) is 4.55. The highest BCUT2D eigenvalue weighted by Crippen LogP contribution is 2.21. The lowest BCUT2D eigenvalue weighted by Gasteiger charge is -2.07. The van der Waals surface area contributed by atoms with E-state index in [9.17, 15) is 14.0 Å². The Morgan fingerprint density at radius 1 is 1.17 bits per heavy atom. The number of amides is 1. The number of aromatic nitrogens is 4. The van der Waals surface area contributed by atoms with Crippen LogP contribution in [0.3, 0.4) is 0 Å². The van der Waals surface area contributed by atoms with Crippen LogP contribution >= 0.6 is 0 Å². The Kier molecular flexibility index (Phi) is 5.25. The second kappa shape index (κ2) is 8.16. The number of methoxy groups -OCH3 is 1. The molecule has 9 heteroatoms. The quantitative estimate of drug-likeness (QED) is 0.528. The molecule has 4 aromatic rings. The molecule has 8 nitrogen and oxygen atoms in total. The van der Waals surface area contributed by atoms with Gasteiger partial charge in [-0.1, -0.05) is 12.1 Å². The van der Waals surface area contributed by atoms with Gasteiger partial charge in [-0.3, -0.25) is 9.59 Å². The van der Waals surface area contributed by atoms with E-state index in [1.54, 1.807) is 37.4 Å². The number of nitrogens with one attached hydrogen (secondary N) is 1. The molecule has 0 fully saturated rings. The molecule has 1 N–H and O–H groups in total. The first-order valence-electron chi connectivity index (χ1n) is 9.14. The molecule has 2 aromatic carbocycles. The van der Waals surface area contributed by atoms with Crippen molar-refractivity contribution in [2.75, 3.05) is 7.11 Å². The minimum absolute atomic E-state index is 0.155. The second-order valence-corrected chi connectivity index (χ2v) is 6.59. The van der Waals surface area contributed by atoms with Crippen LogP contribution < -0.4 is 15.6 Å². The number of carbonyl (C=O) groups is 1. The predicted octanol–water partition coefficient (Wildman–Crippen LogP) is 2.02. The molecule has 0 unspecified atom stereocenters. The molecule has 4 rings (SSSR count). The van der Waals surface area contributed by atoms with Crippen molar-refractivity contribution in [2.45, 2.75) is 13.1 Å². The number of halogens is 1. The summed E-state index contributed by atoms with van der Waals surface area (Å²) in [5, 5.41) is 11.0. The van der Waals surface area contributed by atoms with E-state index >= 15 is 0 Å². The van der Waals surface area contributed by atoms with Crippen molar-refractivity contribution in [1.82, 2.24) is 24.7 Å². The van der Waals surface area contributed by atoms with Crippen LogP contribution in [0, 0.1) is 5.82 Å². The van der Waals surface area contributed by atoms with Crippen molar-refractivity contribution in [3.63, 3.8) is 0 Å². The summed E-state index contributed by atoms with van der Waals surface area (Å²) in [6.45, 7) is -0.102. The number of nitrogens with zero attached hydrogens (tertiary/aromatic N) is 4. The maximum absolute atomic E-state index is 13.2. The Hall–Kier alpha value is -4.01. The third-order valence-electron chi connectivity index (χ3n) is 4.55. The molecule has 30 heavy (non-hydrogen) atoms. The van der Waals surface area contributed by atoms with E-state index < -0.39 is 11.5 Å². The number of hydrogen-bond acceptors (Lipinski definition) is 5. The molecule has 2 heterocycles. The SMILES string of the molecule is COc1ccc(-c2cc3c(=O)n(CC(=O)NCc4cccc(F)c4)ncn3n2)cc1. The van der Waals surface area contributed by atoms with Crippen LogP contribution in [0.4, 0.5) is 4.39 Å². The topological polar surface area (TPSA) is 90.5 Å². The van der Waals surface area contributed by atoms with Gasteiger partial charge in [0.05, 0.1) is 12.8 Å². The number of fused-ring (bicyclic) bond motifs is 1. The van der Waals surface area contributed by atoms with E-state index in [0.29, 0.717) is 16.8 Å². The molecule has 0 aliphatic heterocycles. The summed E-state index contributed by atoms with van der Waals surface area (Å²) < 4.78 is 20.8. The molecule has 152 valence electrons. The van der Waals surface area contributed by atoms with Gasteiger partial charge in [0.25, 0.3) is 5.56 Å². The number of rotatable bonds is 6. The minimum Gasteiger partial charge on any atom is -0.497 e. The summed E-state index contributed by atoms with van der Waals surface area (Å²) in [6.07, 6.45) is 1.38. The number of hydrogen-bond donors (Lipinski definition) is 1. The lowest BCUT2D eigenvalue weighted by molar-refractivity contribution is -0.122. The summed E-state index contributed by atoms with van der Waals surface area (Å²) in [7, 11) is 1.59. The van der Waals surface area contributed by atoms with Crippen LogP contribution in [0.1, 0.15) is 5.56 Å². The summed E-state index contributed by atoms with van der Waals surface area (Å²) in [6, 6.07) is 14.9. The van der Waals surface area contributed by atoms with Gasteiger partial charge in [0, 0.05) is 12.1 Å². The fourth-order valence-corrected chi connectivity index (χ4v) is 2.99. The molecule has 2 aromatic heterocycles. The van der Waals surface area contributed by atoms with Gasteiger partial charge in [0.2, 0.25) is 5.91 Å². The van der Waals surface area contributed by atoms with Crippen molar-refractivity contribution in [3.05, 3.63) is 82.7 Å². The summed E-state index contributed by atoms with van der Waals surface area (Å²) in [5.41, 5.74) is 1.90. The zero-order chi connectivity index (χ0) is 21.1. The summed E-state index contributed by atoms with van der Waals surface area (Å²) >= 11 is 0. The van der Waals surface area contributed by atoms with E-state index in [0.717, 1.165) is 16.0 Å². The van der Waals surface area contributed by atoms with Crippen LogP contribution in [0.25, 0.3) is 16.8 Å². The maximum Gasteiger partial charge on any atom is 0.293 e. The van der Waals surface area contributed by atoms with Crippen molar-refractivity contribution in [3.8, 4) is 17.0 Å². The Morgan fingerprint density at radius 3 is 2.70 bits per heavy atom. The number of benzene rings is 2. The fraction of sp³-hybridized carbons (Fsp3) is 0.143. The lowest BCUT2D eigenvalue weighted by atomic mass is 10.1. The van der Waals surface area contributed by atoms with Gasteiger partial charge in [0.15, 0.2) is 0 Å². The molecule has 1 amide bonds. The monoisotopic (exact) mass is 407 g/mol. The minimum atomic E-state index is -0.439.